The molecule has 0 aliphatic heterocycles. The lowest BCUT2D eigenvalue weighted by atomic mass is 10.3. The smallest absolute Gasteiger partial charge is 0.111 e. The van der Waals surface area contributed by atoms with Crippen LogP contribution >= 0.6 is 34.8 Å². The van der Waals surface area contributed by atoms with Gasteiger partial charge in [0.05, 0.1) is 15.1 Å². The maximum Gasteiger partial charge on any atom is 0.111 e. The van der Waals surface area contributed by atoms with Gasteiger partial charge in [-0.3, -0.25) is 0 Å². The highest BCUT2D eigenvalue weighted by atomic mass is 35.5. The van der Waals surface area contributed by atoms with Gasteiger partial charge >= 0.3 is 0 Å². The summed E-state index contributed by atoms with van der Waals surface area (Å²) in [6.45, 7) is 0. The van der Waals surface area contributed by atoms with Crippen molar-refractivity contribution in [1.29, 1.82) is 0 Å². The maximum absolute atomic E-state index is 10.0. The van der Waals surface area contributed by atoms with E-state index in [1.54, 1.807) is 0 Å². The Morgan fingerprint density at radius 3 is 1.91 bits per heavy atom. The fraction of sp³-hybridized carbons (Fsp3) is 0. The molecule has 0 saturated heterocycles. The highest BCUT2D eigenvalue weighted by Gasteiger charge is 2.05. The summed E-state index contributed by atoms with van der Waals surface area (Å²) in [6, 6.07) is 2.70. The number of benzene rings is 1. The Morgan fingerprint density at radius 1 is 1.09 bits per heavy atom. The molecule has 0 aromatic heterocycles. The van der Waals surface area contributed by atoms with Crippen molar-refractivity contribution in [2.75, 3.05) is 0 Å². The molecule has 1 aromatic rings. The van der Waals surface area contributed by atoms with E-state index in [1.807, 2.05) is 0 Å². The summed E-state index contributed by atoms with van der Waals surface area (Å²) in [6.07, 6.45) is 0. The second-order valence-corrected chi connectivity index (χ2v) is 3.01. The molecule has 5 heteroatoms. The van der Waals surface area contributed by atoms with Crippen LogP contribution in [0.15, 0.2) is 17.3 Å². The first-order valence-corrected chi connectivity index (χ1v) is 3.76. The van der Waals surface area contributed by atoms with Gasteiger partial charge in [-0.1, -0.05) is 34.8 Å². The zero-order chi connectivity index (χ0) is 8.43. The van der Waals surface area contributed by atoms with Crippen molar-refractivity contribution in [1.82, 2.24) is 0 Å². The summed E-state index contributed by atoms with van der Waals surface area (Å²) in [4.78, 5) is 10.0. The Kier molecular flexibility index (Phi) is 2.71. The fourth-order valence-electron chi connectivity index (χ4n) is 0.595. The van der Waals surface area contributed by atoms with Crippen molar-refractivity contribution < 1.29 is 0 Å². The first kappa shape index (κ1) is 8.78. The molecule has 11 heavy (non-hydrogen) atoms. The SMILES string of the molecule is O=Nc1cc(Cl)c(Cl)c(Cl)c1. The molecule has 0 atom stereocenters. The minimum atomic E-state index is 0.171. The summed E-state index contributed by atoms with van der Waals surface area (Å²) in [5.41, 5.74) is 0.171. The van der Waals surface area contributed by atoms with E-state index < -0.39 is 0 Å². The van der Waals surface area contributed by atoms with Crippen LogP contribution < -0.4 is 0 Å². The number of hydrogen-bond donors (Lipinski definition) is 0. The molecule has 58 valence electrons. The molecule has 0 amide bonds. The van der Waals surface area contributed by atoms with Crippen molar-refractivity contribution >= 4 is 40.5 Å². The number of nitroso groups, excluding NO2 is 1. The van der Waals surface area contributed by atoms with Gasteiger partial charge in [0.25, 0.3) is 0 Å². The van der Waals surface area contributed by atoms with Crippen LogP contribution in [-0.4, -0.2) is 0 Å². The van der Waals surface area contributed by atoms with E-state index in [0.717, 1.165) is 0 Å². The lowest BCUT2D eigenvalue weighted by Gasteiger charge is -1.97. The molecule has 0 fully saturated rings. The average molecular weight is 210 g/mol. The molecular formula is C6H2Cl3NO. The average Bonchev–Trinajstić information content (AvgIpc) is 1.99. The molecule has 0 bridgehead atoms. The van der Waals surface area contributed by atoms with Crippen molar-refractivity contribution in [3.8, 4) is 0 Å². The Balaban J connectivity index is 3.31. The molecule has 0 radical (unpaired) electrons. The van der Waals surface area contributed by atoms with Crippen LogP contribution in [0.2, 0.25) is 15.1 Å². The van der Waals surface area contributed by atoms with Gasteiger partial charge in [-0.2, -0.15) is 0 Å². The van der Waals surface area contributed by atoms with Crippen LogP contribution in [0.3, 0.4) is 0 Å². The normalized spacial score (nSPS) is 9.73. The molecule has 0 aliphatic rings. The zero-order valence-corrected chi connectivity index (χ0v) is 7.41. The zero-order valence-electron chi connectivity index (χ0n) is 5.14. The Morgan fingerprint density at radius 2 is 1.55 bits per heavy atom. The van der Waals surface area contributed by atoms with Crippen LogP contribution in [-0.2, 0) is 0 Å². The molecule has 0 saturated carbocycles. The maximum atomic E-state index is 10.0. The Bertz CT molecular complexity index is 277. The summed E-state index contributed by atoms with van der Waals surface area (Å²) in [5, 5.41) is 3.35. The number of halogens is 3. The monoisotopic (exact) mass is 209 g/mol. The molecule has 0 heterocycles. The standard InChI is InChI=1S/C6H2Cl3NO/c7-4-1-3(10-11)2-5(8)6(4)9/h1-2H. The summed E-state index contributed by atoms with van der Waals surface area (Å²) >= 11 is 16.8. The number of hydrogen-bond acceptors (Lipinski definition) is 2. The Hall–Kier alpha value is -0.310. The third-order valence-electron chi connectivity index (χ3n) is 1.07. The van der Waals surface area contributed by atoms with Crippen molar-refractivity contribution in [3.05, 3.63) is 32.1 Å². The van der Waals surface area contributed by atoms with Crippen LogP contribution in [0.1, 0.15) is 0 Å². The van der Waals surface area contributed by atoms with Crippen molar-refractivity contribution in [2.45, 2.75) is 0 Å². The third-order valence-corrected chi connectivity index (χ3v) is 2.27. The largest absolute Gasteiger partial charge is 0.145 e. The van der Waals surface area contributed by atoms with Gasteiger partial charge < -0.3 is 0 Å². The van der Waals surface area contributed by atoms with Gasteiger partial charge in [0.1, 0.15) is 5.69 Å². The summed E-state index contributed by atoms with van der Waals surface area (Å²) in [7, 11) is 0. The van der Waals surface area contributed by atoms with E-state index in [4.69, 9.17) is 34.8 Å². The number of rotatable bonds is 1. The van der Waals surface area contributed by atoms with E-state index in [2.05, 4.69) is 5.18 Å². The van der Waals surface area contributed by atoms with E-state index in [1.165, 1.54) is 12.1 Å². The van der Waals surface area contributed by atoms with Gasteiger partial charge in [-0.25, -0.2) is 0 Å². The van der Waals surface area contributed by atoms with Crippen LogP contribution in [0.25, 0.3) is 0 Å². The molecule has 0 aliphatic carbocycles. The van der Waals surface area contributed by atoms with Crippen LogP contribution in [0.4, 0.5) is 5.69 Å². The van der Waals surface area contributed by atoms with E-state index >= 15 is 0 Å². The molecule has 0 spiro atoms. The van der Waals surface area contributed by atoms with E-state index in [0.29, 0.717) is 0 Å². The summed E-state index contributed by atoms with van der Waals surface area (Å²) < 4.78 is 0. The van der Waals surface area contributed by atoms with Crippen LogP contribution in [0.5, 0.6) is 0 Å². The predicted octanol–water partition coefficient (Wildman–Crippen LogP) is 4.04. The highest BCUT2D eigenvalue weighted by Crippen LogP contribution is 2.33. The first-order valence-electron chi connectivity index (χ1n) is 2.63. The van der Waals surface area contributed by atoms with Gasteiger partial charge in [-0.15, -0.1) is 4.91 Å². The third kappa shape index (κ3) is 1.83. The van der Waals surface area contributed by atoms with Crippen molar-refractivity contribution in [3.63, 3.8) is 0 Å². The second kappa shape index (κ2) is 3.39. The molecule has 0 N–H and O–H groups in total. The molecule has 0 unspecified atom stereocenters. The molecular weight excluding hydrogens is 208 g/mol. The Labute approximate surface area is 78.0 Å². The summed E-state index contributed by atoms with van der Waals surface area (Å²) in [5.74, 6) is 0. The van der Waals surface area contributed by atoms with Gasteiger partial charge in [0.15, 0.2) is 0 Å². The minimum Gasteiger partial charge on any atom is -0.145 e. The quantitative estimate of drug-likeness (QED) is 0.508. The number of nitrogens with zero attached hydrogens (tertiary/aromatic N) is 1. The topological polar surface area (TPSA) is 29.4 Å². The molecule has 1 aromatic carbocycles. The highest BCUT2D eigenvalue weighted by molar-refractivity contribution is 6.48. The van der Waals surface area contributed by atoms with Crippen LogP contribution in [0, 0.1) is 4.91 Å². The van der Waals surface area contributed by atoms with Crippen molar-refractivity contribution in [2.24, 2.45) is 5.18 Å². The van der Waals surface area contributed by atoms with Gasteiger partial charge in [0, 0.05) is 0 Å². The molecule has 2 nitrogen and oxygen atoms in total. The van der Waals surface area contributed by atoms with Gasteiger partial charge in [-0.05, 0) is 17.3 Å². The first-order chi connectivity index (χ1) is 5.15. The van der Waals surface area contributed by atoms with Gasteiger partial charge in [0.2, 0.25) is 0 Å². The minimum absolute atomic E-state index is 0.171. The lowest BCUT2D eigenvalue weighted by Crippen LogP contribution is -1.71. The molecule has 1 rings (SSSR count). The van der Waals surface area contributed by atoms with E-state index in [-0.39, 0.29) is 20.8 Å². The second-order valence-electron chi connectivity index (χ2n) is 1.81. The fourth-order valence-corrected chi connectivity index (χ4v) is 1.18. The lowest BCUT2D eigenvalue weighted by molar-refractivity contribution is 1.50. The predicted molar refractivity (Wildman–Crippen MR) is 46.9 cm³/mol. The van der Waals surface area contributed by atoms with E-state index in [9.17, 15) is 4.91 Å².